The molecule has 2 atom stereocenters. The molecule has 2 unspecified atom stereocenters. The topological polar surface area (TPSA) is 69.6 Å². The van der Waals surface area contributed by atoms with E-state index < -0.39 is 5.97 Å². The fourth-order valence-electron chi connectivity index (χ4n) is 2.02. The molecule has 0 aliphatic carbocycles. The highest BCUT2D eigenvalue weighted by Gasteiger charge is 2.28. The molecule has 0 bridgehead atoms. The van der Waals surface area contributed by atoms with Crippen molar-refractivity contribution in [1.82, 2.24) is 10.2 Å². The third-order valence-electron chi connectivity index (χ3n) is 2.82. The van der Waals surface area contributed by atoms with Crippen molar-refractivity contribution in [3.05, 3.63) is 0 Å². The summed E-state index contributed by atoms with van der Waals surface area (Å²) >= 11 is 1.69. The highest BCUT2D eigenvalue weighted by Crippen LogP contribution is 2.19. The molecule has 0 spiro atoms. The second kappa shape index (κ2) is 6.74. The molecule has 2 amide bonds. The molecule has 17 heavy (non-hydrogen) atoms. The Balaban J connectivity index is 2.32. The van der Waals surface area contributed by atoms with E-state index in [4.69, 9.17) is 5.11 Å². The largest absolute Gasteiger partial charge is 0.481 e. The van der Waals surface area contributed by atoms with E-state index >= 15 is 0 Å². The first kappa shape index (κ1) is 14.2. The summed E-state index contributed by atoms with van der Waals surface area (Å²) in [5.74, 6) is 0.208. The van der Waals surface area contributed by atoms with E-state index in [0.29, 0.717) is 13.1 Å². The number of hydrogen-bond acceptors (Lipinski definition) is 3. The number of hydrogen-bond donors (Lipinski definition) is 2. The number of carbonyl (C=O) groups excluding carboxylic acids is 1. The highest BCUT2D eigenvalue weighted by atomic mass is 32.2. The quantitative estimate of drug-likeness (QED) is 0.780. The number of carboxylic acid groups (broad SMARTS) is 1. The van der Waals surface area contributed by atoms with Gasteiger partial charge in [0.15, 0.2) is 0 Å². The van der Waals surface area contributed by atoms with Gasteiger partial charge in [-0.05, 0) is 25.5 Å². The molecule has 0 aromatic heterocycles. The Bertz CT molecular complexity index is 286. The van der Waals surface area contributed by atoms with Crippen LogP contribution in [0.25, 0.3) is 0 Å². The second-order valence-corrected chi connectivity index (χ2v) is 5.42. The zero-order chi connectivity index (χ0) is 12.8. The number of likely N-dealkylation sites (tertiary alicyclic amines) is 1. The first-order chi connectivity index (χ1) is 8.02. The second-order valence-electron chi connectivity index (χ2n) is 4.50. The van der Waals surface area contributed by atoms with Crippen LogP contribution in [0.15, 0.2) is 0 Å². The number of aliphatic carboxylic acids is 1. The maximum Gasteiger partial charge on any atom is 0.317 e. The van der Waals surface area contributed by atoms with Crippen LogP contribution in [0.1, 0.15) is 19.8 Å². The highest BCUT2D eigenvalue weighted by molar-refractivity contribution is 7.98. The van der Waals surface area contributed by atoms with Crippen LogP contribution in [0.5, 0.6) is 0 Å². The summed E-state index contributed by atoms with van der Waals surface area (Å²) in [5.41, 5.74) is 0. The molecule has 1 fully saturated rings. The van der Waals surface area contributed by atoms with Crippen molar-refractivity contribution in [2.45, 2.75) is 25.8 Å². The Labute approximate surface area is 106 Å². The molecular formula is C11H20N2O3S. The average molecular weight is 260 g/mol. The molecular weight excluding hydrogens is 240 g/mol. The molecule has 5 nitrogen and oxygen atoms in total. The first-order valence-corrected chi connectivity index (χ1v) is 7.18. The van der Waals surface area contributed by atoms with E-state index in [0.717, 1.165) is 12.2 Å². The number of carboxylic acids is 1. The molecule has 1 rings (SSSR count). The van der Waals surface area contributed by atoms with Crippen LogP contribution in [0.3, 0.4) is 0 Å². The predicted molar refractivity (Wildman–Crippen MR) is 68.3 cm³/mol. The summed E-state index contributed by atoms with van der Waals surface area (Å²) in [6, 6.07) is 0.0791. The summed E-state index contributed by atoms with van der Waals surface area (Å²) in [7, 11) is 0. The SMILES string of the molecule is CSCC(C)NC(=O)N1CCC(CC(=O)O)C1. The number of nitrogens with zero attached hydrogens (tertiary/aromatic N) is 1. The molecule has 0 radical (unpaired) electrons. The van der Waals surface area contributed by atoms with Gasteiger partial charge < -0.3 is 15.3 Å². The van der Waals surface area contributed by atoms with Crippen molar-refractivity contribution in [2.24, 2.45) is 5.92 Å². The van der Waals surface area contributed by atoms with Crippen LogP contribution < -0.4 is 5.32 Å². The van der Waals surface area contributed by atoms with Gasteiger partial charge in [-0.1, -0.05) is 0 Å². The summed E-state index contributed by atoms with van der Waals surface area (Å²) in [5, 5.41) is 11.6. The summed E-state index contributed by atoms with van der Waals surface area (Å²) < 4.78 is 0. The van der Waals surface area contributed by atoms with Gasteiger partial charge in [0, 0.05) is 31.3 Å². The standard InChI is InChI=1S/C11H20N2O3S/c1-8(7-17-2)12-11(16)13-4-3-9(6-13)5-10(14)15/h8-9H,3-7H2,1-2H3,(H,12,16)(H,14,15). The van der Waals surface area contributed by atoms with Crippen molar-refractivity contribution in [3.8, 4) is 0 Å². The lowest BCUT2D eigenvalue weighted by atomic mass is 10.1. The molecule has 1 heterocycles. The fraction of sp³-hybridized carbons (Fsp3) is 0.818. The smallest absolute Gasteiger partial charge is 0.317 e. The Hall–Kier alpha value is -0.910. The van der Waals surface area contributed by atoms with Gasteiger partial charge in [0.1, 0.15) is 0 Å². The van der Waals surface area contributed by atoms with E-state index in [1.54, 1.807) is 16.7 Å². The van der Waals surface area contributed by atoms with E-state index in [-0.39, 0.29) is 24.4 Å². The van der Waals surface area contributed by atoms with Crippen molar-refractivity contribution in [1.29, 1.82) is 0 Å². The zero-order valence-corrected chi connectivity index (χ0v) is 11.1. The minimum absolute atomic E-state index is 0.0700. The van der Waals surface area contributed by atoms with Gasteiger partial charge >= 0.3 is 12.0 Å². The summed E-state index contributed by atoms with van der Waals surface area (Å²) in [6.45, 7) is 3.19. The van der Waals surface area contributed by atoms with E-state index in [2.05, 4.69) is 5.32 Å². The lowest BCUT2D eigenvalue weighted by Gasteiger charge is -2.20. The van der Waals surface area contributed by atoms with Gasteiger partial charge in [0.25, 0.3) is 0 Å². The molecule has 0 aromatic rings. The number of urea groups is 1. The number of thioether (sulfide) groups is 1. The zero-order valence-electron chi connectivity index (χ0n) is 10.3. The van der Waals surface area contributed by atoms with Crippen molar-refractivity contribution in [2.75, 3.05) is 25.1 Å². The number of carbonyl (C=O) groups is 2. The van der Waals surface area contributed by atoms with Crippen molar-refractivity contribution in [3.63, 3.8) is 0 Å². The maximum absolute atomic E-state index is 11.8. The van der Waals surface area contributed by atoms with Crippen LogP contribution in [-0.4, -0.2) is 53.1 Å². The van der Waals surface area contributed by atoms with Gasteiger partial charge in [-0.3, -0.25) is 4.79 Å². The summed E-state index contributed by atoms with van der Waals surface area (Å²) in [6.07, 6.45) is 2.95. The average Bonchev–Trinajstić information content (AvgIpc) is 2.65. The minimum Gasteiger partial charge on any atom is -0.481 e. The predicted octanol–water partition coefficient (Wildman–Crippen LogP) is 1.24. The van der Waals surface area contributed by atoms with Gasteiger partial charge in [-0.2, -0.15) is 11.8 Å². The lowest BCUT2D eigenvalue weighted by Crippen LogP contribution is -2.43. The third-order valence-corrected chi connectivity index (χ3v) is 3.66. The molecule has 6 heteroatoms. The first-order valence-electron chi connectivity index (χ1n) is 5.79. The van der Waals surface area contributed by atoms with Crippen LogP contribution in [0.4, 0.5) is 4.79 Å². The van der Waals surface area contributed by atoms with Gasteiger partial charge in [-0.15, -0.1) is 0 Å². The molecule has 1 saturated heterocycles. The van der Waals surface area contributed by atoms with Crippen molar-refractivity contribution >= 4 is 23.8 Å². The fourth-order valence-corrected chi connectivity index (χ4v) is 2.61. The number of amides is 2. The van der Waals surface area contributed by atoms with E-state index in [1.807, 2.05) is 13.2 Å². The van der Waals surface area contributed by atoms with Crippen LogP contribution in [-0.2, 0) is 4.79 Å². The molecule has 0 saturated carbocycles. The number of nitrogens with one attached hydrogen (secondary N) is 1. The monoisotopic (exact) mass is 260 g/mol. The Morgan fingerprint density at radius 2 is 2.29 bits per heavy atom. The van der Waals surface area contributed by atoms with Crippen LogP contribution in [0, 0.1) is 5.92 Å². The van der Waals surface area contributed by atoms with Gasteiger partial charge in [0.2, 0.25) is 0 Å². The third kappa shape index (κ3) is 4.85. The maximum atomic E-state index is 11.8. The lowest BCUT2D eigenvalue weighted by molar-refractivity contribution is -0.138. The molecule has 2 N–H and O–H groups in total. The Morgan fingerprint density at radius 3 is 2.88 bits per heavy atom. The molecule has 0 aromatic carbocycles. The van der Waals surface area contributed by atoms with Gasteiger partial charge in [-0.25, -0.2) is 4.79 Å². The van der Waals surface area contributed by atoms with Crippen LogP contribution in [0.2, 0.25) is 0 Å². The minimum atomic E-state index is -0.784. The van der Waals surface area contributed by atoms with Gasteiger partial charge in [0.05, 0.1) is 0 Å². The van der Waals surface area contributed by atoms with E-state index in [1.165, 1.54) is 0 Å². The summed E-state index contributed by atoms with van der Waals surface area (Å²) in [4.78, 5) is 24.1. The molecule has 1 aliphatic heterocycles. The molecule has 98 valence electrons. The van der Waals surface area contributed by atoms with Crippen LogP contribution >= 0.6 is 11.8 Å². The number of rotatable bonds is 5. The Morgan fingerprint density at radius 1 is 1.59 bits per heavy atom. The normalized spacial score (nSPS) is 21.3. The molecule has 1 aliphatic rings. The van der Waals surface area contributed by atoms with Crippen molar-refractivity contribution < 1.29 is 14.7 Å². The Kier molecular flexibility index (Phi) is 5.61. The van der Waals surface area contributed by atoms with E-state index in [9.17, 15) is 9.59 Å².